The Morgan fingerprint density at radius 1 is 1.10 bits per heavy atom. The number of hydrogen-bond acceptors (Lipinski definition) is 3. The first-order valence-electron chi connectivity index (χ1n) is 13.5. The van der Waals surface area contributed by atoms with Crippen molar-refractivity contribution in [1.82, 2.24) is 25.4 Å². The second kappa shape index (κ2) is 10.5. The fourth-order valence-corrected chi connectivity index (χ4v) is 6.24. The van der Waals surface area contributed by atoms with Crippen molar-refractivity contribution in [2.24, 2.45) is 11.3 Å². The first-order valence-corrected chi connectivity index (χ1v) is 13.5. The summed E-state index contributed by atoms with van der Waals surface area (Å²) >= 11 is 0. The number of amides is 2. The van der Waals surface area contributed by atoms with Crippen LogP contribution in [0.1, 0.15) is 54.6 Å². The number of fused-ring (bicyclic) bond motifs is 2. The summed E-state index contributed by atoms with van der Waals surface area (Å²) in [6.07, 6.45) is 11.6. The van der Waals surface area contributed by atoms with Gasteiger partial charge in [0, 0.05) is 18.9 Å². The van der Waals surface area contributed by atoms with Crippen LogP contribution < -0.4 is 10.6 Å². The van der Waals surface area contributed by atoms with Crippen LogP contribution in [0, 0.1) is 17.2 Å². The van der Waals surface area contributed by atoms with Crippen LogP contribution in [-0.4, -0.2) is 20.8 Å². The number of nitrogens with zero attached hydrogens (tertiary/aromatic N) is 3. The van der Waals surface area contributed by atoms with Gasteiger partial charge in [0.15, 0.2) is 0 Å². The highest BCUT2D eigenvalue weighted by atomic mass is 19.1. The van der Waals surface area contributed by atoms with E-state index < -0.39 is 0 Å². The van der Waals surface area contributed by atoms with Gasteiger partial charge in [-0.2, -0.15) is 5.10 Å². The van der Waals surface area contributed by atoms with E-state index in [0.29, 0.717) is 12.5 Å². The third kappa shape index (κ3) is 5.09. The van der Waals surface area contributed by atoms with Crippen molar-refractivity contribution in [2.45, 2.75) is 45.2 Å². The molecule has 198 valence electrons. The molecule has 1 fully saturated rings. The molecule has 39 heavy (non-hydrogen) atoms. The topological polar surface area (TPSA) is 71.8 Å². The molecule has 1 saturated carbocycles. The first kappa shape index (κ1) is 25.0. The standard InChI is InChI=1S/C32H32FN5O/c1-32-18-24-21-36-38(28-13-11-27(33)12-14-28)30(24)17-26(32)10-9-25(32)16-29(23-7-3-2-4-8-23)37-31(39)35-20-22-6-5-15-34-19-22/h2-8,11-15,17,19,21,25,29H,9-10,16,18,20H2,1H3,(H2,35,37,39). The van der Waals surface area contributed by atoms with E-state index in [9.17, 15) is 9.18 Å². The molecular formula is C32H32FN5O. The molecule has 0 radical (unpaired) electrons. The number of urea groups is 1. The van der Waals surface area contributed by atoms with Crippen LogP contribution in [0.3, 0.4) is 0 Å². The highest BCUT2D eigenvalue weighted by Gasteiger charge is 2.46. The molecule has 4 aromatic rings. The van der Waals surface area contributed by atoms with Gasteiger partial charge in [-0.3, -0.25) is 4.98 Å². The van der Waals surface area contributed by atoms with E-state index in [4.69, 9.17) is 0 Å². The Labute approximate surface area is 228 Å². The fraction of sp³-hybridized carbons (Fsp3) is 0.281. The van der Waals surface area contributed by atoms with E-state index in [2.05, 4.69) is 45.8 Å². The Hall–Kier alpha value is -4.26. The molecule has 6 nitrogen and oxygen atoms in total. The van der Waals surface area contributed by atoms with Crippen LogP contribution in [0.25, 0.3) is 11.8 Å². The number of nitrogens with one attached hydrogen (secondary N) is 2. The second-order valence-corrected chi connectivity index (χ2v) is 10.8. The molecule has 2 aromatic heterocycles. The predicted octanol–water partition coefficient (Wildman–Crippen LogP) is 6.39. The van der Waals surface area contributed by atoms with E-state index in [1.54, 1.807) is 24.5 Å². The first-order chi connectivity index (χ1) is 19.0. The average molecular weight is 522 g/mol. The highest BCUT2D eigenvalue weighted by molar-refractivity contribution is 5.74. The molecule has 0 bridgehead atoms. The zero-order valence-electron chi connectivity index (χ0n) is 22.0. The summed E-state index contributed by atoms with van der Waals surface area (Å²) in [4.78, 5) is 17.1. The van der Waals surface area contributed by atoms with Gasteiger partial charge in [0.1, 0.15) is 5.82 Å². The lowest BCUT2D eigenvalue weighted by Crippen LogP contribution is -2.39. The SMILES string of the molecule is CC12Cc3cnn(-c4ccc(F)cc4)c3C=C1CCC2CC(NC(=O)NCc1cccnc1)c1ccccc1. The molecule has 2 aliphatic carbocycles. The number of allylic oxidation sites excluding steroid dienone is 1. The fourth-order valence-electron chi connectivity index (χ4n) is 6.24. The van der Waals surface area contributed by atoms with Crippen molar-refractivity contribution >= 4 is 12.1 Å². The number of benzene rings is 2. The summed E-state index contributed by atoms with van der Waals surface area (Å²) in [7, 11) is 0. The van der Waals surface area contributed by atoms with Gasteiger partial charge in [0.05, 0.1) is 23.6 Å². The quantitative estimate of drug-likeness (QED) is 0.296. The summed E-state index contributed by atoms with van der Waals surface area (Å²) in [5.74, 6) is 0.145. The summed E-state index contributed by atoms with van der Waals surface area (Å²) < 4.78 is 15.4. The highest BCUT2D eigenvalue weighted by Crippen LogP contribution is 2.55. The summed E-state index contributed by atoms with van der Waals surface area (Å²) in [5, 5.41) is 10.9. The van der Waals surface area contributed by atoms with Gasteiger partial charge in [-0.25, -0.2) is 13.9 Å². The van der Waals surface area contributed by atoms with E-state index in [-0.39, 0.29) is 23.3 Å². The maximum atomic E-state index is 13.5. The van der Waals surface area contributed by atoms with Gasteiger partial charge in [-0.05, 0) is 90.1 Å². The third-order valence-corrected chi connectivity index (χ3v) is 8.43. The van der Waals surface area contributed by atoms with Crippen molar-refractivity contribution in [1.29, 1.82) is 0 Å². The van der Waals surface area contributed by atoms with Crippen molar-refractivity contribution in [3.63, 3.8) is 0 Å². The Morgan fingerprint density at radius 2 is 1.92 bits per heavy atom. The van der Waals surface area contributed by atoms with Crippen molar-refractivity contribution in [3.05, 3.63) is 119 Å². The number of aromatic nitrogens is 3. The van der Waals surface area contributed by atoms with Crippen molar-refractivity contribution < 1.29 is 9.18 Å². The molecule has 3 unspecified atom stereocenters. The number of hydrogen-bond donors (Lipinski definition) is 2. The van der Waals surface area contributed by atoms with E-state index >= 15 is 0 Å². The van der Waals surface area contributed by atoms with Crippen LogP contribution >= 0.6 is 0 Å². The van der Waals surface area contributed by atoms with E-state index in [1.807, 2.05) is 41.2 Å². The van der Waals surface area contributed by atoms with E-state index in [0.717, 1.165) is 48.2 Å². The Balaban J connectivity index is 1.21. The number of carbonyl (C=O) groups excluding carboxylic acids is 1. The van der Waals surface area contributed by atoms with E-state index in [1.165, 1.54) is 23.3 Å². The summed E-state index contributed by atoms with van der Waals surface area (Å²) in [6, 6.07) is 20.2. The molecule has 3 atom stereocenters. The largest absolute Gasteiger partial charge is 0.334 e. The normalized spacial score (nSPS) is 20.5. The number of pyridine rings is 1. The number of halogens is 1. The van der Waals surface area contributed by atoms with Crippen molar-refractivity contribution in [3.8, 4) is 5.69 Å². The third-order valence-electron chi connectivity index (χ3n) is 8.43. The van der Waals surface area contributed by atoms with Crippen LogP contribution in [0.15, 0.2) is 90.9 Å². The number of carbonyl (C=O) groups is 1. The number of rotatable bonds is 7. The van der Waals surface area contributed by atoms with Crippen LogP contribution in [0.2, 0.25) is 0 Å². The maximum Gasteiger partial charge on any atom is 0.315 e. The molecule has 7 heteroatoms. The molecular weight excluding hydrogens is 489 g/mol. The average Bonchev–Trinajstić information content (AvgIpc) is 3.51. The van der Waals surface area contributed by atoms with Gasteiger partial charge in [0.25, 0.3) is 0 Å². The minimum atomic E-state index is -0.253. The summed E-state index contributed by atoms with van der Waals surface area (Å²) in [5.41, 5.74) is 6.63. The predicted molar refractivity (Wildman–Crippen MR) is 149 cm³/mol. The molecule has 0 saturated heterocycles. The van der Waals surface area contributed by atoms with Crippen LogP contribution in [0.5, 0.6) is 0 Å². The lowest BCUT2D eigenvalue weighted by Gasteiger charge is -2.37. The summed E-state index contributed by atoms with van der Waals surface area (Å²) in [6.45, 7) is 2.79. The van der Waals surface area contributed by atoms with Crippen LogP contribution in [-0.2, 0) is 13.0 Å². The zero-order valence-corrected chi connectivity index (χ0v) is 22.0. The monoisotopic (exact) mass is 521 g/mol. The van der Waals surface area contributed by atoms with Crippen molar-refractivity contribution in [2.75, 3.05) is 0 Å². The van der Waals surface area contributed by atoms with Crippen LogP contribution in [0.4, 0.5) is 9.18 Å². The molecule has 2 N–H and O–H groups in total. The lowest BCUT2D eigenvalue weighted by molar-refractivity contribution is 0.216. The molecule has 2 heterocycles. The van der Waals surface area contributed by atoms with Gasteiger partial charge in [-0.1, -0.05) is 48.9 Å². The molecule has 6 rings (SSSR count). The minimum absolute atomic E-state index is 0.00937. The maximum absolute atomic E-state index is 13.5. The van der Waals surface area contributed by atoms with Gasteiger partial charge in [0.2, 0.25) is 0 Å². The lowest BCUT2D eigenvalue weighted by atomic mass is 9.68. The molecule has 0 aliphatic heterocycles. The minimum Gasteiger partial charge on any atom is -0.334 e. The zero-order chi connectivity index (χ0) is 26.8. The second-order valence-electron chi connectivity index (χ2n) is 10.8. The van der Waals surface area contributed by atoms with Gasteiger partial charge < -0.3 is 10.6 Å². The molecule has 0 spiro atoms. The Morgan fingerprint density at radius 3 is 2.69 bits per heavy atom. The molecule has 2 aliphatic rings. The molecule has 2 amide bonds. The molecule has 2 aromatic carbocycles. The Kier molecular flexibility index (Phi) is 6.73. The van der Waals surface area contributed by atoms with Gasteiger partial charge in [-0.15, -0.1) is 0 Å². The van der Waals surface area contributed by atoms with Gasteiger partial charge >= 0.3 is 6.03 Å². The Bertz CT molecular complexity index is 1480. The smallest absolute Gasteiger partial charge is 0.315 e.